The second-order valence-electron chi connectivity index (χ2n) is 12.7. The van der Waals surface area contributed by atoms with Crippen molar-refractivity contribution in [1.82, 2.24) is 29.1 Å². The number of nitrogens with zero attached hydrogens (tertiary/aromatic N) is 6. The Balaban J connectivity index is 1.29. The molecule has 0 aliphatic carbocycles. The van der Waals surface area contributed by atoms with E-state index >= 15 is 0 Å². The lowest BCUT2D eigenvalue weighted by Gasteiger charge is -2.34. The first kappa shape index (κ1) is 29.0. The van der Waals surface area contributed by atoms with Crippen LogP contribution in [0.25, 0.3) is 27.7 Å². The van der Waals surface area contributed by atoms with Gasteiger partial charge in [0.25, 0.3) is 6.43 Å². The van der Waals surface area contributed by atoms with Crippen LogP contribution in [0, 0.1) is 5.92 Å². The van der Waals surface area contributed by atoms with Crippen LogP contribution in [-0.2, 0) is 27.6 Å². The quantitative estimate of drug-likeness (QED) is 0.321. The number of aromatic nitrogens is 4. The minimum absolute atomic E-state index is 0.0147. The van der Waals surface area contributed by atoms with Crippen LogP contribution < -0.4 is 15.9 Å². The maximum absolute atomic E-state index is 14.5. The maximum atomic E-state index is 14.5. The van der Waals surface area contributed by atoms with Gasteiger partial charge in [0, 0.05) is 81.6 Å². The zero-order valence-electron chi connectivity index (χ0n) is 25.8. The van der Waals surface area contributed by atoms with Crippen LogP contribution in [0.4, 0.5) is 20.2 Å². The first-order valence-corrected chi connectivity index (χ1v) is 15.8. The van der Waals surface area contributed by atoms with E-state index in [0.29, 0.717) is 11.1 Å². The Morgan fingerprint density at radius 3 is 2.52 bits per heavy atom. The lowest BCUT2D eigenvalue weighted by molar-refractivity contribution is 0.152. The molecule has 1 fully saturated rings. The van der Waals surface area contributed by atoms with Gasteiger partial charge in [-0.2, -0.15) is 5.10 Å². The van der Waals surface area contributed by atoms with Crippen LogP contribution >= 0.6 is 0 Å². The molecular weight excluding hydrogens is 560 g/mol. The number of rotatable bonds is 6. The van der Waals surface area contributed by atoms with E-state index < -0.39 is 6.43 Å². The Labute approximate surface area is 256 Å². The van der Waals surface area contributed by atoms with Crippen molar-refractivity contribution in [3.05, 3.63) is 69.9 Å². The number of alkyl halides is 2. The van der Waals surface area contributed by atoms with Crippen LogP contribution in [0.1, 0.15) is 48.8 Å². The molecule has 7 rings (SSSR count). The number of halogens is 2. The summed E-state index contributed by atoms with van der Waals surface area (Å²) in [7, 11) is 5.45. The fourth-order valence-electron chi connectivity index (χ4n) is 7.50. The van der Waals surface area contributed by atoms with Gasteiger partial charge in [0.05, 0.1) is 17.2 Å². The summed E-state index contributed by atoms with van der Waals surface area (Å²) in [6.45, 7) is 5.95. The van der Waals surface area contributed by atoms with Crippen molar-refractivity contribution in [2.24, 2.45) is 27.1 Å². The predicted octanol–water partition coefficient (Wildman–Crippen LogP) is 5.39. The second-order valence-corrected chi connectivity index (χ2v) is 12.7. The average molecular weight is 602 g/mol. The van der Waals surface area contributed by atoms with E-state index in [2.05, 4.69) is 38.4 Å². The van der Waals surface area contributed by atoms with E-state index in [1.54, 1.807) is 39.3 Å². The summed E-state index contributed by atoms with van der Waals surface area (Å²) in [5.74, 6) is 0.743. The van der Waals surface area contributed by atoms with Crippen LogP contribution in [0.15, 0.2) is 47.5 Å². The molecule has 44 heavy (non-hydrogen) atoms. The topological polar surface area (TPSA) is 63.3 Å². The van der Waals surface area contributed by atoms with Gasteiger partial charge in [0.15, 0.2) is 0 Å². The molecule has 0 bridgehead atoms. The van der Waals surface area contributed by atoms with Gasteiger partial charge in [-0.15, -0.1) is 0 Å². The van der Waals surface area contributed by atoms with Gasteiger partial charge in [0.2, 0.25) is 0 Å². The van der Waals surface area contributed by atoms with Crippen molar-refractivity contribution in [2.75, 3.05) is 44.2 Å². The Hall–Kier alpha value is -3.76. The molecule has 3 aliphatic rings. The van der Waals surface area contributed by atoms with Crippen LogP contribution in [-0.4, -0.2) is 63.1 Å². The molecule has 0 saturated carbocycles. The molecule has 2 aromatic heterocycles. The van der Waals surface area contributed by atoms with E-state index in [0.717, 1.165) is 98.0 Å². The number of imidazole rings is 1. The highest BCUT2D eigenvalue weighted by Crippen LogP contribution is 2.43. The predicted molar refractivity (Wildman–Crippen MR) is 172 cm³/mol. The van der Waals surface area contributed by atoms with Crippen molar-refractivity contribution in [3.8, 4) is 11.1 Å². The number of fused-ring (bicyclic) bond motifs is 2. The fourth-order valence-corrected chi connectivity index (χ4v) is 7.50. The summed E-state index contributed by atoms with van der Waals surface area (Å²) in [5.41, 5.74) is 8.08. The molecule has 10 heteroatoms. The number of piperidine rings is 1. The maximum Gasteiger partial charge on any atom is 0.328 e. The molecule has 1 N–H and O–H groups in total. The van der Waals surface area contributed by atoms with Gasteiger partial charge >= 0.3 is 5.69 Å². The van der Waals surface area contributed by atoms with Crippen LogP contribution in [0.2, 0.25) is 0 Å². The molecule has 0 atom stereocenters. The minimum Gasteiger partial charge on any atom is -0.341 e. The minimum atomic E-state index is -2.62. The molecule has 4 aromatic rings. The summed E-state index contributed by atoms with van der Waals surface area (Å²) in [5, 5.41) is 7.69. The molecule has 0 amide bonds. The average Bonchev–Trinajstić information content (AvgIpc) is 3.57. The summed E-state index contributed by atoms with van der Waals surface area (Å²) in [6, 6.07) is 7.84. The number of nitrogens with one attached hydrogen (secondary N) is 1. The third-order valence-electron chi connectivity index (χ3n) is 9.89. The molecule has 2 aromatic carbocycles. The normalized spacial score (nSPS) is 18.3. The van der Waals surface area contributed by atoms with Crippen molar-refractivity contribution in [2.45, 2.75) is 38.5 Å². The lowest BCUT2D eigenvalue weighted by Crippen LogP contribution is -2.38. The molecular formula is C34H41F2N7O. The van der Waals surface area contributed by atoms with Gasteiger partial charge < -0.3 is 10.2 Å². The van der Waals surface area contributed by atoms with Gasteiger partial charge in [-0.05, 0) is 92.1 Å². The van der Waals surface area contributed by atoms with Crippen molar-refractivity contribution in [3.63, 3.8) is 0 Å². The highest BCUT2D eigenvalue weighted by atomic mass is 19.3. The van der Waals surface area contributed by atoms with Gasteiger partial charge in [0.1, 0.15) is 0 Å². The molecule has 0 spiro atoms. The molecule has 5 heterocycles. The fraction of sp³-hybridized carbons (Fsp3) is 0.471. The van der Waals surface area contributed by atoms with Crippen molar-refractivity contribution < 1.29 is 8.78 Å². The van der Waals surface area contributed by atoms with Crippen molar-refractivity contribution >= 4 is 28.0 Å². The largest absolute Gasteiger partial charge is 0.341 e. The monoisotopic (exact) mass is 601 g/mol. The van der Waals surface area contributed by atoms with Gasteiger partial charge in [-0.3, -0.25) is 18.7 Å². The van der Waals surface area contributed by atoms with E-state index in [4.69, 9.17) is 0 Å². The smallest absolute Gasteiger partial charge is 0.328 e. The van der Waals surface area contributed by atoms with Crippen LogP contribution in [0.5, 0.6) is 0 Å². The molecule has 8 nitrogen and oxygen atoms in total. The Morgan fingerprint density at radius 2 is 1.82 bits per heavy atom. The lowest BCUT2D eigenvalue weighted by atomic mass is 9.92. The number of aryl methyl sites for hydroxylation is 4. The molecule has 1 saturated heterocycles. The second kappa shape index (κ2) is 11.6. The molecule has 0 unspecified atom stereocenters. The number of hydrogen-bond donors (Lipinski definition) is 1. The zero-order valence-corrected chi connectivity index (χ0v) is 25.8. The number of hydrogen-bond acceptors (Lipinski definition) is 5. The molecule has 3 aliphatic heterocycles. The highest BCUT2D eigenvalue weighted by molar-refractivity contribution is 5.94. The SMILES string of the molecule is Cn1cc(-c2cc3c(cc2C(F)F)N(c2cc(C4=CCN(CC5CCNCC5)CC4)c4c(c2)n(C)c(=O)n4C)CCC3)cn1. The third kappa shape index (κ3) is 5.17. The number of anilines is 2. The molecule has 0 radical (unpaired) electrons. The highest BCUT2D eigenvalue weighted by Gasteiger charge is 2.27. The van der Waals surface area contributed by atoms with Gasteiger partial charge in [-0.1, -0.05) is 6.08 Å². The van der Waals surface area contributed by atoms with Gasteiger partial charge in [-0.25, -0.2) is 13.6 Å². The summed E-state index contributed by atoms with van der Waals surface area (Å²) in [4.78, 5) is 17.9. The summed E-state index contributed by atoms with van der Waals surface area (Å²) < 4.78 is 34.1. The standard InChI is InChI=1S/C34H41F2N7O/c1-39-21-25(19-38-39)27-15-24-5-4-12-43(30(24)18-29(27)33(35)36)26-16-28(32-31(17-26)40(2)34(44)41(32)3)23-8-13-42(14-9-23)20-22-6-10-37-11-7-22/h8,15-19,21-22,33,37H,4-7,9-14,20H2,1-3H3. The molecule has 232 valence electrons. The van der Waals surface area contributed by atoms with Crippen molar-refractivity contribution in [1.29, 1.82) is 0 Å². The Bertz CT molecular complexity index is 1790. The van der Waals surface area contributed by atoms with Crippen LogP contribution in [0.3, 0.4) is 0 Å². The Kier molecular flexibility index (Phi) is 7.66. The summed E-state index contributed by atoms with van der Waals surface area (Å²) >= 11 is 0. The van der Waals surface area contributed by atoms with E-state index in [9.17, 15) is 13.6 Å². The summed E-state index contributed by atoms with van der Waals surface area (Å²) in [6.07, 6.45) is 8.25. The van der Waals surface area contributed by atoms with E-state index in [-0.39, 0.29) is 11.3 Å². The Morgan fingerprint density at radius 1 is 1.00 bits per heavy atom. The first-order chi connectivity index (χ1) is 21.3. The zero-order chi connectivity index (χ0) is 30.5. The third-order valence-corrected chi connectivity index (χ3v) is 9.89. The van der Waals surface area contributed by atoms with E-state index in [1.165, 1.54) is 18.4 Å². The van der Waals surface area contributed by atoms with E-state index in [1.807, 2.05) is 20.2 Å². The number of benzene rings is 2. The first-order valence-electron chi connectivity index (χ1n) is 15.8.